The number of nitrogens with zero attached hydrogens (tertiary/aromatic N) is 1. The van der Waals surface area contributed by atoms with Crippen molar-refractivity contribution in [3.05, 3.63) is 103 Å². The van der Waals surface area contributed by atoms with E-state index in [-0.39, 0.29) is 13.2 Å². The molecule has 268 valence electrons. The Bertz CT molecular complexity index is 1800. The molecule has 0 atom stereocenters. The molecular formula is C41H50N2O6SiSn. The number of carbonyl (C=O) groups is 2. The standard InChI is InChI=1S/C38H41N2O6Si.3CH3.Sn/c1-38(2,31-14-12-30(13-15-31)29-10-6-5-7-11-29)46-37(42)40-32-16-22-35(23-17-32)47(3,4)27-9-8-25-43-33-18-20-34(21-19-33)45-28-36(41)44-26-24-39;;;;/h5-7,10-16,18-23H,8-9,25-28H2,1-4H3,(H,40,42);3*1H3;. The number of unbranched alkanes of at least 4 members (excludes halogenated alkanes) is 1. The van der Waals surface area contributed by atoms with Crippen LogP contribution < -0.4 is 23.6 Å². The number of hydrogen-bond acceptors (Lipinski definition) is 7. The molecule has 8 nitrogen and oxygen atoms in total. The first-order chi connectivity index (χ1) is 24.2. The second-order valence-electron chi connectivity index (χ2n) is 14.7. The third kappa shape index (κ3) is 11.9. The predicted octanol–water partition coefficient (Wildman–Crippen LogP) is 8.60. The van der Waals surface area contributed by atoms with Crippen LogP contribution in [-0.2, 0) is 19.9 Å². The minimum atomic E-state index is -2.67. The fourth-order valence-corrected chi connectivity index (χ4v) is 13.1. The van der Waals surface area contributed by atoms with Crippen molar-refractivity contribution < 1.29 is 28.5 Å². The van der Waals surface area contributed by atoms with Gasteiger partial charge >= 0.3 is 247 Å². The number of anilines is 1. The van der Waals surface area contributed by atoms with Gasteiger partial charge in [-0.1, -0.05) is 18.2 Å². The van der Waals surface area contributed by atoms with Gasteiger partial charge < -0.3 is 9.47 Å². The molecule has 0 fully saturated rings. The van der Waals surface area contributed by atoms with Crippen LogP contribution in [-0.4, -0.2) is 58.3 Å². The van der Waals surface area contributed by atoms with Crippen molar-refractivity contribution >= 4 is 53.0 Å². The Hall–Kier alpha value is -4.27. The van der Waals surface area contributed by atoms with Crippen LogP contribution in [0.3, 0.4) is 0 Å². The van der Waals surface area contributed by atoms with Gasteiger partial charge in [0.25, 0.3) is 0 Å². The van der Waals surface area contributed by atoms with Crippen molar-refractivity contribution in [1.82, 2.24) is 0 Å². The molecule has 4 aromatic carbocycles. The molecule has 0 unspecified atom stereocenters. The van der Waals surface area contributed by atoms with E-state index in [4.69, 9.17) is 19.5 Å². The number of benzene rings is 4. The number of esters is 1. The van der Waals surface area contributed by atoms with E-state index in [2.05, 4.69) is 80.4 Å². The zero-order valence-electron chi connectivity index (χ0n) is 30.9. The number of hydrogen-bond donors (Lipinski definition) is 1. The summed E-state index contributed by atoms with van der Waals surface area (Å²) in [5, 5.41) is 13.0. The van der Waals surface area contributed by atoms with E-state index in [1.54, 1.807) is 18.2 Å². The molecule has 0 saturated heterocycles. The normalized spacial score (nSPS) is 11.6. The molecule has 10 heteroatoms. The zero-order chi connectivity index (χ0) is 37.1. The average molecular weight is 814 g/mol. The zero-order valence-corrected chi connectivity index (χ0v) is 34.7. The molecule has 4 rings (SSSR count). The van der Waals surface area contributed by atoms with Gasteiger partial charge in [0.05, 0.1) is 0 Å². The third-order valence-electron chi connectivity index (χ3n) is 8.82. The van der Waals surface area contributed by atoms with Gasteiger partial charge in [-0.25, -0.2) is 4.79 Å². The first kappa shape index (κ1) is 39.5. The number of nitriles is 1. The first-order valence-corrected chi connectivity index (χ1v) is 30.6. The Morgan fingerprint density at radius 2 is 1.45 bits per heavy atom. The summed E-state index contributed by atoms with van der Waals surface area (Å²) >= 11 is -2.67. The summed E-state index contributed by atoms with van der Waals surface area (Å²) < 4.78 is 23.3. The second-order valence-corrected chi connectivity index (χ2v) is 34.0. The molecule has 0 spiro atoms. The monoisotopic (exact) mass is 814 g/mol. The van der Waals surface area contributed by atoms with Crippen LogP contribution in [0, 0.1) is 11.3 Å². The van der Waals surface area contributed by atoms with Crippen molar-refractivity contribution in [2.24, 2.45) is 0 Å². The van der Waals surface area contributed by atoms with Crippen LogP contribution in [0.5, 0.6) is 11.5 Å². The van der Waals surface area contributed by atoms with Gasteiger partial charge in [0.1, 0.15) is 11.8 Å². The topological polar surface area (TPSA) is 107 Å². The quantitative estimate of drug-likeness (QED) is 0.0687. The molecule has 0 aliphatic heterocycles. The van der Waals surface area contributed by atoms with Crippen LogP contribution in [0.1, 0.15) is 32.3 Å². The van der Waals surface area contributed by atoms with Crippen LogP contribution in [0.25, 0.3) is 11.1 Å². The number of rotatable bonds is 16. The molecule has 0 aliphatic rings. The Balaban J connectivity index is 1.30. The summed E-state index contributed by atoms with van der Waals surface area (Å²) in [6.07, 6.45) is 1.53. The molecule has 0 aromatic heterocycles. The van der Waals surface area contributed by atoms with Crippen molar-refractivity contribution in [3.8, 4) is 28.7 Å². The molecule has 0 radical (unpaired) electrons. The van der Waals surface area contributed by atoms with Gasteiger partial charge in [0.15, 0.2) is 13.2 Å². The predicted molar refractivity (Wildman–Crippen MR) is 210 cm³/mol. The molecule has 0 bridgehead atoms. The van der Waals surface area contributed by atoms with Gasteiger partial charge in [-0.15, -0.1) is 0 Å². The molecule has 51 heavy (non-hydrogen) atoms. The van der Waals surface area contributed by atoms with Gasteiger partial charge in [-0.2, -0.15) is 5.26 Å². The summed E-state index contributed by atoms with van der Waals surface area (Å²) in [4.78, 5) is 31.9. The van der Waals surface area contributed by atoms with Crippen molar-refractivity contribution in [3.63, 3.8) is 0 Å². The Morgan fingerprint density at radius 1 is 0.824 bits per heavy atom. The van der Waals surface area contributed by atoms with Crippen molar-refractivity contribution in [2.75, 3.05) is 25.1 Å². The Labute approximate surface area is 308 Å². The number of carbonyl (C=O) groups excluding carboxylic acids is 2. The maximum atomic E-state index is 13.3. The van der Waals surface area contributed by atoms with Crippen LogP contribution in [0.15, 0.2) is 97.1 Å². The number of amides is 1. The molecule has 0 aliphatic carbocycles. The minimum absolute atomic E-state index is 0.252. The summed E-state index contributed by atoms with van der Waals surface area (Å²) in [6.45, 7) is 8.73. The Kier molecular flexibility index (Phi) is 13.8. The van der Waals surface area contributed by atoms with Crippen LogP contribution >= 0.6 is 0 Å². The van der Waals surface area contributed by atoms with Gasteiger partial charge in [-0.3, -0.25) is 0 Å². The van der Waals surface area contributed by atoms with E-state index < -0.39 is 44.1 Å². The van der Waals surface area contributed by atoms with Gasteiger partial charge in [-0.05, 0) is 0 Å². The van der Waals surface area contributed by atoms with Crippen LogP contribution in [0.4, 0.5) is 10.5 Å². The molecule has 0 saturated carbocycles. The van der Waals surface area contributed by atoms with E-state index in [0.29, 0.717) is 12.4 Å². The molecule has 1 amide bonds. The molecule has 1 N–H and O–H groups in total. The fourth-order valence-electron chi connectivity index (χ4n) is 5.75. The van der Waals surface area contributed by atoms with Crippen molar-refractivity contribution in [2.45, 2.75) is 66.2 Å². The molecule has 0 heterocycles. The van der Waals surface area contributed by atoms with E-state index >= 15 is 0 Å². The first-order valence-electron chi connectivity index (χ1n) is 17.4. The summed E-state index contributed by atoms with van der Waals surface area (Å²) in [7, 11) is -1.77. The fraction of sp³-hybridized carbons (Fsp3) is 0.341. The van der Waals surface area contributed by atoms with Gasteiger partial charge in [0, 0.05) is 0 Å². The molecule has 4 aromatic rings. The third-order valence-corrected chi connectivity index (χ3v) is 18.1. The second kappa shape index (κ2) is 17.8. The number of nitrogens with one attached hydrogen (secondary N) is 1. The Morgan fingerprint density at radius 3 is 2.08 bits per heavy atom. The summed E-state index contributed by atoms with van der Waals surface area (Å²) in [5.41, 5.74) is 3.24. The van der Waals surface area contributed by atoms with E-state index in [1.165, 1.54) is 8.77 Å². The molecular weight excluding hydrogens is 763 g/mol. The number of ether oxygens (including phenoxy) is 4. The van der Waals surface area contributed by atoms with Crippen molar-refractivity contribution in [1.29, 1.82) is 5.26 Å². The van der Waals surface area contributed by atoms with Gasteiger partial charge in [0.2, 0.25) is 0 Å². The van der Waals surface area contributed by atoms with E-state index in [9.17, 15) is 9.59 Å². The van der Waals surface area contributed by atoms with E-state index in [1.807, 2.05) is 56.3 Å². The summed E-state index contributed by atoms with van der Waals surface area (Å²) in [6, 6.07) is 35.0. The SMILES string of the molecule is CC(C)(OC(=O)Nc1ccc([Si](C)(C)CCCCOc2ccc(OCC(=O)OCC#N)cc2)c[c]1[Sn]([CH3])([CH3])[CH3])c1ccc(-c2ccccc2)cc1. The average Bonchev–Trinajstić information content (AvgIpc) is 3.10. The van der Waals surface area contributed by atoms with Crippen LogP contribution in [0.2, 0.25) is 34.0 Å². The van der Waals surface area contributed by atoms with E-state index in [0.717, 1.165) is 47.0 Å². The summed E-state index contributed by atoms with van der Waals surface area (Å²) in [5.74, 6) is 0.671. The maximum absolute atomic E-state index is 13.3.